The van der Waals surface area contributed by atoms with Gasteiger partial charge in [-0.15, -0.1) is 5.10 Å². The van der Waals surface area contributed by atoms with Gasteiger partial charge in [-0.3, -0.25) is 4.79 Å². The van der Waals surface area contributed by atoms with Gasteiger partial charge >= 0.3 is 5.97 Å². The highest BCUT2D eigenvalue weighted by molar-refractivity contribution is 5.77. The predicted octanol–water partition coefficient (Wildman–Crippen LogP) is 2.97. The number of aromatic nitrogens is 4. The summed E-state index contributed by atoms with van der Waals surface area (Å²) in [7, 11) is 0. The minimum Gasteiger partial charge on any atom is -0.458 e. The molecule has 2 aromatic heterocycles. The van der Waals surface area contributed by atoms with Gasteiger partial charge in [-0.05, 0) is 36.4 Å². The summed E-state index contributed by atoms with van der Waals surface area (Å²) < 4.78 is 25.0. The van der Waals surface area contributed by atoms with E-state index in [4.69, 9.17) is 9.15 Å². The molecule has 0 saturated carbocycles. The van der Waals surface area contributed by atoms with Gasteiger partial charge in [0.15, 0.2) is 0 Å². The number of nitrogens with zero attached hydrogens (tertiary/aromatic N) is 4. The van der Waals surface area contributed by atoms with Gasteiger partial charge in [0.2, 0.25) is 5.89 Å². The number of para-hydroxylation sites is 1. The van der Waals surface area contributed by atoms with Gasteiger partial charge in [-0.25, -0.2) is 14.1 Å². The van der Waals surface area contributed by atoms with E-state index in [9.17, 15) is 9.18 Å². The van der Waals surface area contributed by atoms with E-state index in [0.29, 0.717) is 22.7 Å². The van der Waals surface area contributed by atoms with Crippen LogP contribution in [0.4, 0.5) is 4.39 Å². The summed E-state index contributed by atoms with van der Waals surface area (Å²) in [5, 5.41) is 7.93. The van der Waals surface area contributed by atoms with Crippen LogP contribution in [0.3, 0.4) is 0 Å². The number of rotatable bonds is 5. The zero-order valence-electron chi connectivity index (χ0n) is 13.5. The first-order valence-corrected chi connectivity index (χ1v) is 7.83. The van der Waals surface area contributed by atoms with Crippen molar-refractivity contribution < 1.29 is 18.3 Å². The summed E-state index contributed by atoms with van der Waals surface area (Å²) in [6, 6.07) is 13.1. The van der Waals surface area contributed by atoms with E-state index in [1.54, 1.807) is 12.1 Å². The van der Waals surface area contributed by atoms with Crippen molar-refractivity contribution in [3.63, 3.8) is 0 Å². The number of fused-ring (bicyclic) bond motifs is 1. The second-order valence-corrected chi connectivity index (χ2v) is 5.55. The first-order valence-electron chi connectivity index (χ1n) is 7.83. The maximum Gasteiger partial charge on any atom is 0.328 e. The molecule has 0 saturated heterocycles. The number of carbonyl (C=O) groups excluding carboxylic acids is 1. The minimum absolute atomic E-state index is 0.0316. The number of hydrogen-bond acceptors (Lipinski definition) is 6. The lowest BCUT2D eigenvalue weighted by Gasteiger charge is -2.03. The fourth-order valence-electron chi connectivity index (χ4n) is 2.45. The largest absolute Gasteiger partial charge is 0.458 e. The molecule has 7 nitrogen and oxygen atoms in total. The quantitative estimate of drug-likeness (QED) is 0.514. The predicted molar refractivity (Wildman–Crippen MR) is 89.2 cm³/mol. The third kappa shape index (κ3) is 3.30. The summed E-state index contributed by atoms with van der Waals surface area (Å²) >= 11 is 0. The molecule has 8 heteroatoms. The van der Waals surface area contributed by atoms with E-state index in [1.807, 2.05) is 24.3 Å². The molecule has 0 spiro atoms. The van der Waals surface area contributed by atoms with Crippen molar-refractivity contribution in [3.8, 4) is 11.5 Å². The zero-order chi connectivity index (χ0) is 17.9. The van der Waals surface area contributed by atoms with Gasteiger partial charge in [0.05, 0.1) is 5.52 Å². The molecule has 4 rings (SSSR count). The molecule has 26 heavy (non-hydrogen) atoms. The monoisotopic (exact) mass is 352 g/mol. The van der Waals surface area contributed by atoms with Crippen LogP contribution in [-0.4, -0.2) is 25.9 Å². The van der Waals surface area contributed by atoms with Gasteiger partial charge in [-0.2, -0.15) is 0 Å². The van der Waals surface area contributed by atoms with Crippen molar-refractivity contribution in [3.05, 3.63) is 66.3 Å². The van der Waals surface area contributed by atoms with Crippen LogP contribution >= 0.6 is 0 Å². The van der Waals surface area contributed by atoms with Crippen molar-refractivity contribution in [1.29, 1.82) is 0 Å². The average molecular weight is 352 g/mol. The highest BCUT2D eigenvalue weighted by atomic mass is 19.1. The molecular formula is C18H13FN4O3. The molecule has 0 fully saturated rings. The zero-order valence-corrected chi connectivity index (χ0v) is 13.5. The van der Waals surface area contributed by atoms with Crippen LogP contribution in [0.1, 0.15) is 5.69 Å². The molecule has 0 radical (unpaired) electrons. The fraction of sp³-hybridized carbons (Fsp3) is 0.111. The smallest absolute Gasteiger partial charge is 0.328 e. The molecular weight excluding hydrogens is 339 g/mol. The van der Waals surface area contributed by atoms with Crippen LogP contribution in [-0.2, 0) is 22.7 Å². The van der Waals surface area contributed by atoms with Crippen molar-refractivity contribution in [1.82, 2.24) is 20.0 Å². The van der Waals surface area contributed by atoms with E-state index in [2.05, 4.69) is 15.3 Å². The van der Waals surface area contributed by atoms with Crippen molar-refractivity contribution in [2.45, 2.75) is 13.2 Å². The number of oxazole rings is 1. The Morgan fingerprint density at radius 2 is 1.96 bits per heavy atom. The number of ether oxygens (including phenoxy) is 1. The molecule has 0 aliphatic carbocycles. The molecule has 0 bridgehead atoms. The Kier molecular flexibility index (Phi) is 4.14. The Morgan fingerprint density at radius 3 is 2.81 bits per heavy atom. The van der Waals surface area contributed by atoms with Crippen LogP contribution in [0.2, 0.25) is 0 Å². The number of benzene rings is 2. The van der Waals surface area contributed by atoms with Crippen LogP contribution in [0, 0.1) is 5.82 Å². The Labute approximate surface area is 147 Å². The molecule has 2 heterocycles. The summed E-state index contributed by atoms with van der Waals surface area (Å²) in [5.41, 5.74) is 2.56. The minimum atomic E-state index is -0.466. The average Bonchev–Trinajstić information content (AvgIpc) is 3.28. The lowest BCUT2D eigenvalue weighted by molar-refractivity contribution is -0.145. The highest BCUT2D eigenvalue weighted by Gasteiger charge is 2.12. The number of halogens is 1. The first kappa shape index (κ1) is 15.9. The number of hydrogen-bond donors (Lipinski definition) is 0. The highest BCUT2D eigenvalue weighted by Crippen LogP contribution is 2.19. The van der Waals surface area contributed by atoms with Gasteiger partial charge in [-0.1, -0.05) is 17.3 Å². The maximum absolute atomic E-state index is 13.0. The second-order valence-electron chi connectivity index (χ2n) is 5.55. The third-order valence-electron chi connectivity index (χ3n) is 3.72. The van der Waals surface area contributed by atoms with Gasteiger partial charge in [0, 0.05) is 5.56 Å². The van der Waals surface area contributed by atoms with Crippen molar-refractivity contribution >= 4 is 17.0 Å². The summed E-state index contributed by atoms with van der Waals surface area (Å²) in [4.78, 5) is 16.3. The second kappa shape index (κ2) is 6.75. The Hall–Kier alpha value is -3.55. The van der Waals surface area contributed by atoms with E-state index < -0.39 is 5.97 Å². The maximum atomic E-state index is 13.0. The molecule has 0 atom stereocenters. The fourth-order valence-corrected chi connectivity index (χ4v) is 2.45. The molecule has 2 aromatic carbocycles. The number of esters is 1. The Balaban J connectivity index is 1.38. The molecule has 130 valence electrons. The Bertz CT molecular complexity index is 1060. The molecule has 0 amide bonds. The first-order chi connectivity index (χ1) is 12.7. The van der Waals surface area contributed by atoms with Crippen LogP contribution in [0.25, 0.3) is 22.5 Å². The summed E-state index contributed by atoms with van der Waals surface area (Å²) in [6.45, 7) is -0.0840. The topological polar surface area (TPSA) is 83.0 Å². The molecule has 0 aliphatic heterocycles. The third-order valence-corrected chi connectivity index (χ3v) is 3.72. The van der Waals surface area contributed by atoms with Gasteiger partial charge < -0.3 is 9.15 Å². The summed E-state index contributed by atoms with van der Waals surface area (Å²) in [6.07, 6.45) is 1.40. The molecule has 0 unspecified atom stereocenters. The molecule has 4 aromatic rings. The van der Waals surface area contributed by atoms with Gasteiger partial charge in [0.25, 0.3) is 0 Å². The van der Waals surface area contributed by atoms with Gasteiger partial charge in [0.1, 0.15) is 36.4 Å². The van der Waals surface area contributed by atoms with Crippen molar-refractivity contribution in [2.24, 2.45) is 0 Å². The Morgan fingerprint density at radius 1 is 1.15 bits per heavy atom. The van der Waals surface area contributed by atoms with Crippen LogP contribution < -0.4 is 0 Å². The van der Waals surface area contributed by atoms with E-state index in [-0.39, 0.29) is 19.0 Å². The number of carbonyl (C=O) groups is 1. The van der Waals surface area contributed by atoms with E-state index >= 15 is 0 Å². The van der Waals surface area contributed by atoms with E-state index in [1.165, 1.54) is 23.1 Å². The summed E-state index contributed by atoms with van der Waals surface area (Å²) in [5.74, 6) is -0.472. The SMILES string of the molecule is O=C(Cn1nnc2ccccc21)OCc1coc(-c2ccc(F)cc2)n1. The van der Waals surface area contributed by atoms with Crippen molar-refractivity contribution in [2.75, 3.05) is 0 Å². The standard InChI is InChI=1S/C18H13FN4O3/c19-13-7-5-12(6-8-13)18-20-14(11-26-18)10-25-17(24)9-23-16-4-2-1-3-15(16)21-22-23/h1-8,11H,9-10H2. The molecule has 0 N–H and O–H groups in total. The van der Waals surface area contributed by atoms with E-state index in [0.717, 1.165) is 5.52 Å². The van der Waals surface area contributed by atoms with Crippen LogP contribution in [0.15, 0.2) is 59.2 Å². The lowest BCUT2D eigenvalue weighted by atomic mass is 10.2. The lowest BCUT2D eigenvalue weighted by Crippen LogP contribution is -2.14. The normalized spacial score (nSPS) is 11.0. The van der Waals surface area contributed by atoms with Crippen LogP contribution in [0.5, 0.6) is 0 Å². The molecule has 0 aliphatic rings.